The van der Waals surface area contributed by atoms with Crippen LogP contribution in [-0.4, -0.2) is 35.9 Å². The first-order valence-corrected chi connectivity index (χ1v) is 3.83. The van der Waals surface area contributed by atoms with E-state index in [0.717, 1.165) is 12.2 Å². The van der Waals surface area contributed by atoms with Gasteiger partial charge in [-0.15, -0.1) is 0 Å². The average molecular weight is 186 g/mol. The lowest BCUT2D eigenvalue weighted by Gasteiger charge is -2.07. The predicted octanol–water partition coefficient (Wildman–Crippen LogP) is -0.0423. The van der Waals surface area contributed by atoms with E-state index in [1.54, 1.807) is 6.92 Å². The zero-order chi connectivity index (χ0) is 9.84. The summed E-state index contributed by atoms with van der Waals surface area (Å²) in [6.07, 6.45) is 1.28. The molecular formula is C8H10O5. The highest BCUT2D eigenvalue weighted by Crippen LogP contribution is 2.16. The van der Waals surface area contributed by atoms with Gasteiger partial charge in [-0.25, -0.2) is 9.59 Å². The fourth-order valence-corrected chi connectivity index (χ4v) is 0.764. The molecule has 5 heteroatoms. The minimum absolute atomic E-state index is 0.0258. The molecule has 0 aliphatic carbocycles. The lowest BCUT2D eigenvalue weighted by Crippen LogP contribution is -2.18. The number of hydrogen-bond donors (Lipinski definition) is 1. The van der Waals surface area contributed by atoms with Crippen LogP contribution in [0.4, 0.5) is 0 Å². The van der Waals surface area contributed by atoms with Crippen LogP contribution in [-0.2, 0) is 19.1 Å². The molecule has 1 heterocycles. The van der Waals surface area contributed by atoms with Crippen molar-refractivity contribution in [3.05, 3.63) is 12.2 Å². The number of ether oxygens (including phenoxy) is 2. The molecule has 0 bridgehead atoms. The number of carboxylic acid groups (broad SMARTS) is 1. The second kappa shape index (κ2) is 4.04. The van der Waals surface area contributed by atoms with Crippen LogP contribution in [0.2, 0.25) is 0 Å². The lowest BCUT2D eigenvalue weighted by atomic mass is 10.3. The Bertz CT molecular complexity index is 241. The van der Waals surface area contributed by atoms with Gasteiger partial charge < -0.3 is 14.6 Å². The molecule has 5 nitrogen and oxygen atoms in total. The maximum Gasteiger partial charge on any atom is 0.331 e. The van der Waals surface area contributed by atoms with Crippen molar-refractivity contribution < 1.29 is 24.2 Å². The maximum atomic E-state index is 10.9. The third-order valence-electron chi connectivity index (χ3n) is 1.55. The average Bonchev–Trinajstić information content (AvgIpc) is 2.82. The van der Waals surface area contributed by atoms with Crippen LogP contribution in [0, 0.1) is 0 Å². The van der Waals surface area contributed by atoms with Crippen molar-refractivity contribution in [2.45, 2.75) is 19.1 Å². The lowest BCUT2D eigenvalue weighted by molar-refractivity contribution is -0.143. The van der Waals surface area contributed by atoms with Crippen LogP contribution in [0.15, 0.2) is 12.2 Å². The molecule has 0 amide bonds. The number of carboxylic acids is 1. The van der Waals surface area contributed by atoms with E-state index in [2.05, 4.69) is 0 Å². The summed E-state index contributed by atoms with van der Waals surface area (Å²) in [5.41, 5.74) is 0. The molecule has 1 saturated heterocycles. The number of carbonyl (C=O) groups excluding carboxylic acids is 1. The van der Waals surface area contributed by atoms with E-state index in [0.29, 0.717) is 6.61 Å². The second-order valence-corrected chi connectivity index (χ2v) is 2.69. The van der Waals surface area contributed by atoms with E-state index in [1.807, 2.05) is 0 Å². The molecule has 1 rings (SSSR count). The van der Waals surface area contributed by atoms with Crippen LogP contribution < -0.4 is 0 Å². The van der Waals surface area contributed by atoms with Gasteiger partial charge in [0.15, 0.2) is 0 Å². The summed E-state index contributed by atoms with van der Waals surface area (Å²) in [7, 11) is 0. The minimum Gasteiger partial charge on any atom is -0.478 e. The molecule has 0 aromatic heterocycles. The van der Waals surface area contributed by atoms with Crippen molar-refractivity contribution in [3.8, 4) is 0 Å². The molecule has 1 aliphatic rings. The van der Waals surface area contributed by atoms with E-state index >= 15 is 0 Å². The van der Waals surface area contributed by atoms with Crippen LogP contribution in [0.1, 0.15) is 6.92 Å². The maximum absolute atomic E-state index is 10.9. The Hall–Kier alpha value is -1.36. The Kier molecular flexibility index (Phi) is 3.02. The van der Waals surface area contributed by atoms with E-state index in [9.17, 15) is 9.59 Å². The highest BCUT2D eigenvalue weighted by molar-refractivity contribution is 5.90. The molecule has 0 aromatic rings. The van der Waals surface area contributed by atoms with E-state index in [4.69, 9.17) is 14.6 Å². The van der Waals surface area contributed by atoms with Gasteiger partial charge >= 0.3 is 11.9 Å². The molecular weight excluding hydrogens is 176 g/mol. The molecule has 0 saturated carbocycles. The number of rotatable bonds is 4. The highest BCUT2D eigenvalue weighted by Gasteiger charge is 2.31. The van der Waals surface area contributed by atoms with Crippen LogP contribution in [0.3, 0.4) is 0 Å². The van der Waals surface area contributed by atoms with E-state index < -0.39 is 11.9 Å². The van der Waals surface area contributed by atoms with Gasteiger partial charge in [-0.3, -0.25) is 0 Å². The summed E-state index contributed by atoms with van der Waals surface area (Å²) >= 11 is 0. The van der Waals surface area contributed by atoms with Gasteiger partial charge in [0.2, 0.25) is 0 Å². The Morgan fingerprint density at radius 1 is 1.62 bits per heavy atom. The smallest absolute Gasteiger partial charge is 0.331 e. The standard InChI is InChI=1S/C8H10O5/c1-5(6-4-12-6)13-8(11)3-2-7(9)10/h2-3,5-6H,4H2,1H3,(H,9,10)/b3-2-. The molecule has 0 aromatic carbocycles. The van der Waals surface area contributed by atoms with Crippen molar-refractivity contribution >= 4 is 11.9 Å². The summed E-state index contributed by atoms with van der Waals surface area (Å²) in [5.74, 6) is -1.84. The predicted molar refractivity (Wildman–Crippen MR) is 42.1 cm³/mol. The molecule has 0 spiro atoms. The fraction of sp³-hybridized carbons (Fsp3) is 0.500. The van der Waals surface area contributed by atoms with Gasteiger partial charge in [0.1, 0.15) is 12.2 Å². The van der Waals surface area contributed by atoms with Crippen molar-refractivity contribution in [1.82, 2.24) is 0 Å². The van der Waals surface area contributed by atoms with E-state index in [-0.39, 0.29) is 12.2 Å². The third-order valence-corrected chi connectivity index (χ3v) is 1.55. The minimum atomic E-state index is -1.17. The normalized spacial score (nSPS) is 22.7. The molecule has 1 aliphatic heterocycles. The Morgan fingerprint density at radius 3 is 2.69 bits per heavy atom. The monoisotopic (exact) mass is 186 g/mol. The molecule has 2 unspecified atom stereocenters. The number of aliphatic carboxylic acids is 1. The van der Waals surface area contributed by atoms with Crippen molar-refractivity contribution in [2.24, 2.45) is 0 Å². The summed E-state index contributed by atoms with van der Waals surface area (Å²) in [6, 6.07) is 0. The highest BCUT2D eigenvalue weighted by atomic mass is 16.6. The van der Waals surface area contributed by atoms with Gasteiger partial charge in [-0.1, -0.05) is 0 Å². The van der Waals surface area contributed by atoms with Crippen LogP contribution in [0.25, 0.3) is 0 Å². The van der Waals surface area contributed by atoms with Gasteiger partial charge in [0.25, 0.3) is 0 Å². The van der Waals surface area contributed by atoms with E-state index in [1.165, 1.54) is 0 Å². The van der Waals surface area contributed by atoms with Crippen LogP contribution in [0.5, 0.6) is 0 Å². The molecule has 0 radical (unpaired) electrons. The topological polar surface area (TPSA) is 76.1 Å². The van der Waals surface area contributed by atoms with Gasteiger partial charge in [0, 0.05) is 12.2 Å². The molecule has 1 fully saturated rings. The van der Waals surface area contributed by atoms with Crippen molar-refractivity contribution in [2.75, 3.05) is 6.61 Å². The van der Waals surface area contributed by atoms with Crippen molar-refractivity contribution in [3.63, 3.8) is 0 Å². The summed E-state index contributed by atoms with van der Waals surface area (Å²) in [5, 5.41) is 8.20. The summed E-state index contributed by atoms with van der Waals surface area (Å²) < 4.78 is 9.69. The molecule has 1 N–H and O–H groups in total. The first kappa shape index (κ1) is 9.73. The first-order chi connectivity index (χ1) is 6.09. The zero-order valence-corrected chi connectivity index (χ0v) is 7.10. The van der Waals surface area contributed by atoms with Gasteiger partial charge in [-0.05, 0) is 6.92 Å². The number of hydrogen-bond acceptors (Lipinski definition) is 4. The first-order valence-electron chi connectivity index (χ1n) is 3.83. The molecule has 2 atom stereocenters. The molecule has 72 valence electrons. The number of epoxide rings is 1. The third kappa shape index (κ3) is 3.71. The SMILES string of the molecule is CC(OC(=O)/C=C\C(=O)O)C1CO1. The Morgan fingerprint density at radius 2 is 2.23 bits per heavy atom. The van der Waals surface area contributed by atoms with Gasteiger partial charge in [-0.2, -0.15) is 0 Å². The second-order valence-electron chi connectivity index (χ2n) is 2.69. The number of carbonyl (C=O) groups is 2. The molecule has 13 heavy (non-hydrogen) atoms. The Labute approximate surface area is 74.9 Å². The van der Waals surface area contributed by atoms with Crippen LogP contribution >= 0.6 is 0 Å². The Balaban J connectivity index is 2.27. The van der Waals surface area contributed by atoms with Gasteiger partial charge in [0.05, 0.1) is 6.61 Å². The van der Waals surface area contributed by atoms with Crippen molar-refractivity contribution in [1.29, 1.82) is 0 Å². The summed E-state index contributed by atoms with van der Waals surface area (Å²) in [6.45, 7) is 2.29. The number of esters is 1. The quantitative estimate of drug-likeness (QED) is 0.378. The summed E-state index contributed by atoms with van der Waals surface area (Å²) in [4.78, 5) is 20.9. The fourth-order valence-electron chi connectivity index (χ4n) is 0.764. The largest absolute Gasteiger partial charge is 0.478 e. The zero-order valence-electron chi connectivity index (χ0n) is 7.10.